The topological polar surface area (TPSA) is 134 Å². The first kappa shape index (κ1) is 39.8. The van der Waals surface area contributed by atoms with Crippen LogP contribution in [0.5, 0.6) is 0 Å². The van der Waals surface area contributed by atoms with E-state index >= 15 is 4.39 Å². The van der Waals surface area contributed by atoms with Crippen LogP contribution in [-0.2, 0) is 19.1 Å². The number of ether oxygens (including phenoxy) is 2. The van der Waals surface area contributed by atoms with Gasteiger partial charge in [-0.05, 0) is 55.9 Å². The van der Waals surface area contributed by atoms with Crippen LogP contribution in [0.25, 0.3) is 33.6 Å². The van der Waals surface area contributed by atoms with Gasteiger partial charge >= 0.3 is 0 Å². The molecule has 2 aromatic heterocycles. The number of aromatic nitrogens is 4. The zero-order chi connectivity index (χ0) is 39.9. The van der Waals surface area contributed by atoms with Gasteiger partial charge in [-0.15, -0.1) is 0 Å². The van der Waals surface area contributed by atoms with Gasteiger partial charge in [0.1, 0.15) is 36.3 Å². The van der Waals surface area contributed by atoms with Crippen molar-refractivity contribution < 1.29 is 41.0 Å². The zero-order valence-electron chi connectivity index (χ0n) is 31.4. The summed E-state index contributed by atoms with van der Waals surface area (Å²) in [6.07, 6.45) is 4.50. The van der Waals surface area contributed by atoms with Crippen molar-refractivity contribution in [1.82, 2.24) is 30.6 Å². The van der Waals surface area contributed by atoms with Gasteiger partial charge in [0.2, 0.25) is 0 Å². The maximum atomic E-state index is 15.6. The van der Waals surface area contributed by atoms with Crippen LogP contribution in [-0.4, -0.2) is 68.0 Å². The van der Waals surface area contributed by atoms with Crippen LogP contribution in [0, 0.1) is 17.7 Å². The van der Waals surface area contributed by atoms with Crippen LogP contribution in [0.15, 0.2) is 67.0 Å². The molecule has 6 rings (SSSR count). The predicted molar refractivity (Wildman–Crippen MR) is 195 cm³/mol. The molecule has 2 aliphatic rings. The number of hydrogen-bond donors (Lipinski definition) is 4. The third kappa shape index (κ3) is 8.67. The molecule has 1 fully saturated rings. The average molecular weight is 769 g/mol. The van der Waals surface area contributed by atoms with E-state index in [1.807, 2.05) is 39.8 Å². The second-order valence-corrected chi connectivity index (χ2v) is 15.4. The summed E-state index contributed by atoms with van der Waals surface area (Å²) in [4.78, 5) is 41.8. The second-order valence-electron chi connectivity index (χ2n) is 15.4. The molecule has 4 heterocycles. The van der Waals surface area contributed by atoms with Gasteiger partial charge in [0.25, 0.3) is 23.7 Å². The number of nitrogens with one attached hydrogen (secondary N) is 4. The van der Waals surface area contributed by atoms with Gasteiger partial charge in [-0.2, -0.15) is 8.78 Å². The second kappa shape index (κ2) is 15.0. The lowest BCUT2D eigenvalue weighted by molar-refractivity contribution is -0.190. The molecule has 55 heavy (non-hydrogen) atoms. The molecule has 0 aliphatic carbocycles. The van der Waals surface area contributed by atoms with Crippen molar-refractivity contribution >= 4 is 11.8 Å². The van der Waals surface area contributed by atoms with Crippen molar-refractivity contribution in [2.75, 3.05) is 13.2 Å². The van der Waals surface area contributed by atoms with E-state index in [0.29, 0.717) is 45.8 Å². The Morgan fingerprint density at radius 2 is 1.27 bits per heavy atom. The molecule has 4 N–H and O–H groups in total. The minimum Gasteiger partial charge on any atom is -0.359 e. The van der Waals surface area contributed by atoms with Gasteiger partial charge in [0.15, 0.2) is 5.60 Å². The van der Waals surface area contributed by atoms with E-state index in [4.69, 9.17) is 14.5 Å². The maximum absolute atomic E-state index is 15.6. The van der Waals surface area contributed by atoms with Crippen LogP contribution in [0.1, 0.15) is 78.1 Å². The highest BCUT2D eigenvalue weighted by atomic mass is 19.3. The molecule has 0 bridgehead atoms. The summed E-state index contributed by atoms with van der Waals surface area (Å²) in [5.41, 5.74) is 0.325. The molecule has 2 aromatic carbocycles. The number of hydrogen-bond acceptors (Lipinski definition) is 6. The van der Waals surface area contributed by atoms with Gasteiger partial charge in [0, 0.05) is 35.5 Å². The molecule has 4 aromatic rings. The first-order chi connectivity index (χ1) is 25.8. The zero-order valence-corrected chi connectivity index (χ0v) is 31.4. The molecule has 0 saturated carbocycles. The van der Waals surface area contributed by atoms with Crippen molar-refractivity contribution in [3.63, 3.8) is 0 Å². The first-order valence-electron chi connectivity index (χ1n) is 18.2. The van der Waals surface area contributed by atoms with E-state index in [-0.39, 0.29) is 18.3 Å². The Bertz CT molecular complexity index is 2050. The normalized spacial score (nSPS) is 23.1. The SMILES string of the molecule is CC(C)[C@H](NC(=O)[C@@]1(C)C=CC(F)(F)CO1)c1nc(-c2ccc(-c3ccc(-c4c[nH]c([C@@H](NC(=O)[C@@]5(C)CCC(F)(F)CO5)C(C)C)n4)cc3)c(F)c2)c[nH]1. The van der Waals surface area contributed by atoms with E-state index in [1.165, 1.54) is 19.9 Å². The van der Waals surface area contributed by atoms with E-state index in [1.54, 1.807) is 36.7 Å². The number of imidazole rings is 2. The highest BCUT2D eigenvalue weighted by molar-refractivity contribution is 5.87. The minimum absolute atomic E-state index is 0.0847. The third-order valence-corrected chi connectivity index (χ3v) is 10.2. The van der Waals surface area contributed by atoms with Gasteiger partial charge in [0.05, 0.1) is 23.5 Å². The molecule has 2 amide bonds. The van der Waals surface area contributed by atoms with Crippen LogP contribution in [0.2, 0.25) is 0 Å². The summed E-state index contributed by atoms with van der Waals surface area (Å²) in [6, 6.07) is 10.8. The Hall–Kier alpha value is -4.89. The fourth-order valence-electron chi connectivity index (χ4n) is 6.47. The van der Waals surface area contributed by atoms with Crippen molar-refractivity contribution in [1.29, 1.82) is 0 Å². The molecule has 294 valence electrons. The van der Waals surface area contributed by atoms with Crippen LogP contribution < -0.4 is 10.6 Å². The van der Waals surface area contributed by atoms with Crippen molar-refractivity contribution in [2.45, 2.75) is 89.5 Å². The highest BCUT2D eigenvalue weighted by Crippen LogP contribution is 2.36. The third-order valence-electron chi connectivity index (χ3n) is 10.2. The van der Waals surface area contributed by atoms with Crippen LogP contribution in [0.3, 0.4) is 0 Å². The number of rotatable bonds is 11. The number of halogens is 5. The molecule has 0 radical (unpaired) electrons. The van der Waals surface area contributed by atoms with Gasteiger partial charge < -0.3 is 30.1 Å². The Balaban J connectivity index is 1.13. The van der Waals surface area contributed by atoms with E-state index < -0.39 is 72.4 Å². The number of H-pyrrole nitrogens is 2. The summed E-state index contributed by atoms with van der Waals surface area (Å²) in [5, 5.41) is 5.78. The van der Waals surface area contributed by atoms with Crippen molar-refractivity contribution in [3.05, 3.63) is 84.5 Å². The minimum atomic E-state index is -3.15. The number of nitrogens with zero attached hydrogens (tertiary/aromatic N) is 2. The fraction of sp³-hybridized carbons (Fsp3) is 0.450. The molecule has 1 saturated heterocycles. The lowest BCUT2D eigenvalue weighted by Gasteiger charge is -2.37. The van der Waals surface area contributed by atoms with E-state index in [0.717, 1.165) is 11.6 Å². The lowest BCUT2D eigenvalue weighted by atomic mass is 9.92. The summed E-state index contributed by atoms with van der Waals surface area (Å²) < 4.78 is 80.7. The number of benzene rings is 2. The lowest BCUT2D eigenvalue weighted by Crippen LogP contribution is -2.53. The van der Waals surface area contributed by atoms with Gasteiger partial charge in [-0.25, -0.2) is 23.1 Å². The van der Waals surface area contributed by atoms with Gasteiger partial charge in [-0.3, -0.25) is 9.59 Å². The fourth-order valence-corrected chi connectivity index (χ4v) is 6.47. The van der Waals surface area contributed by atoms with Crippen molar-refractivity contribution in [3.8, 4) is 33.6 Å². The standard InChI is InChI=1S/C40H45F5N6O4/c1-22(2)31(50-35(52)37(5)13-15-39(42,43)20-54-37)33-46-18-29(48-33)25-9-7-24(8-10-25)27-12-11-26(17-28(27)41)30-19-47-34(49-30)32(23(3)4)51-36(53)38(6)14-16-40(44,45)21-55-38/h7-12,14,16-19,22-23,31-32H,13,15,20-21H2,1-6H3,(H,46,48)(H,47,49)(H,50,52)(H,51,53)/t31-,32-,37+,38+/m0/s1. The molecule has 4 atom stereocenters. The summed E-state index contributed by atoms with van der Waals surface area (Å²) in [7, 11) is 0. The number of alkyl halides is 4. The number of carbonyl (C=O) groups is 2. The Labute approximate surface area is 315 Å². The smallest absolute Gasteiger partial charge is 0.289 e. The summed E-state index contributed by atoms with van der Waals surface area (Å²) >= 11 is 0. The first-order valence-corrected chi connectivity index (χ1v) is 18.2. The summed E-state index contributed by atoms with van der Waals surface area (Å²) in [5.74, 6) is -6.97. The monoisotopic (exact) mass is 768 g/mol. The molecular formula is C40H45F5N6O4. The summed E-state index contributed by atoms with van der Waals surface area (Å²) in [6.45, 7) is 8.79. The largest absolute Gasteiger partial charge is 0.359 e. The van der Waals surface area contributed by atoms with Gasteiger partial charge in [-0.1, -0.05) is 64.1 Å². The number of amides is 2. The van der Waals surface area contributed by atoms with Crippen molar-refractivity contribution in [2.24, 2.45) is 11.8 Å². The molecule has 2 aliphatic heterocycles. The van der Waals surface area contributed by atoms with Crippen LogP contribution >= 0.6 is 0 Å². The number of carbonyl (C=O) groups excluding carboxylic acids is 2. The molecular weight excluding hydrogens is 723 g/mol. The Kier molecular flexibility index (Phi) is 10.8. The quantitative estimate of drug-likeness (QED) is 0.0901. The Morgan fingerprint density at radius 1 is 0.727 bits per heavy atom. The molecule has 15 heteroatoms. The Morgan fingerprint density at radius 3 is 1.78 bits per heavy atom. The molecule has 0 unspecified atom stereocenters. The molecule has 10 nitrogen and oxygen atoms in total. The van der Waals surface area contributed by atoms with E-state index in [2.05, 4.69) is 25.6 Å². The predicted octanol–water partition coefficient (Wildman–Crippen LogP) is 8.08. The van der Waals surface area contributed by atoms with Crippen LogP contribution in [0.4, 0.5) is 22.0 Å². The molecule has 0 spiro atoms. The maximum Gasteiger partial charge on any atom is 0.289 e. The average Bonchev–Trinajstić information content (AvgIpc) is 3.83. The van der Waals surface area contributed by atoms with E-state index in [9.17, 15) is 27.2 Å². The highest BCUT2D eigenvalue weighted by Gasteiger charge is 2.47. The number of aromatic amines is 2.